The summed E-state index contributed by atoms with van der Waals surface area (Å²) in [4.78, 5) is 12.9. The highest BCUT2D eigenvalue weighted by molar-refractivity contribution is 7.07. The molecule has 0 amide bonds. The Balaban J connectivity index is 1.73. The summed E-state index contributed by atoms with van der Waals surface area (Å²) in [6.07, 6.45) is 2.30. The monoisotopic (exact) mass is 239 g/mol. The number of carboxylic acids is 1. The summed E-state index contributed by atoms with van der Waals surface area (Å²) >= 11 is 1.73. The van der Waals surface area contributed by atoms with E-state index in [-0.39, 0.29) is 0 Å². The molecule has 16 heavy (non-hydrogen) atoms. The SMILES string of the molecule is O=C(O)CCC1CCN(Cc2ccsc2)C1. The van der Waals surface area contributed by atoms with Gasteiger partial charge in [0, 0.05) is 19.5 Å². The van der Waals surface area contributed by atoms with Crippen LogP contribution < -0.4 is 0 Å². The molecule has 1 aromatic rings. The number of carboxylic acid groups (broad SMARTS) is 1. The van der Waals surface area contributed by atoms with Crippen LogP contribution in [-0.4, -0.2) is 29.1 Å². The van der Waals surface area contributed by atoms with Crippen molar-refractivity contribution in [1.82, 2.24) is 4.90 Å². The van der Waals surface area contributed by atoms with Crippen LogP contribution in [-0.2, 0) is 11.3 Å². The zero-order valence-electron chi connectivity index (χ0n) is 9.26. The summed E-state index contributed by atoms with van der Waals surface area (Å²) < 4.78 is 0. The van der Waals surface area contributed by atoms with Crippen molar-refractivity contribution in [3.63, 3.8) is 0 Å². The summed E-state index contributed by atoms with van der Waals surface area (Å²) in [5.74, 6) is -0.0916. The van der Waals surface area contributed by atoms with Gasteiger partial charge in [-0.15, -0.1) is 0 Å². The van der Waals surface area contributed by atoms with Crippen molar-refractivity contribution in [2.24, 2.45) is 5.92 Å². The molecule has 88 valence electrons. The lowest BCUT2D eigenvalue weighted by molar-refractivity contribution is -0.137. The molecule has 1 fully saturated rings. The number of aliphatic carboxylic acids is 1. The van der Waals surface area contributed by atoms with Crippen molar-refractivity contribution in [2.45, 2.75) is 25.8 Å². The minimum Gasteiger partial charge on any atom is -0.481 e. The number of nitrogens with zero attached hydrogens (tertiary/aromatic N) is 1. The first-order valence-electron chi connectivity index (χ1n) is 5.69. The van der Waals surface area contributed by atoms with E-state index in [0.29, 0.717) is 12.3 Å². The third kappa shape index (κ3) is 3.32. The molecule has 1 N–H and O–H groups in total. The van der Waals surface area contributed by atoms with Crippen LogP contribution in [0.5, 0.6) is 0 Å². The van der Waals surface area contributed by atoms with Crippen molar-refractivity contribution in [1.29, 1.82) is 0 Å². The van der Waals surface area contributed by atoms with Crippen LogP contribution in [0.1, 0.15) is 24.8 Å². The summed E-state index contributed by atoms with van der Waals surface area (Å²) in [7, 11) is 0. The zero-order chi connectivity index (χ0) is 11.4. The van der Waals surface area contributed by atoms with Gasteiger partial charge in [-0.1, -0.05) is 0 Å². The molecule has 0 saturated carbocycles. The van der Waals surface area contributed by atoms with Gasteiger partial charge >= 0.3 is 5.97 Å². The lowest BCUT2D eigenvalue weighted by Gasteiger charge is -2.14. The Morgan fingerprint density at radius 3 is 3.19 bits per heavy atom. The highest BCUT2D eigenvalue weighted by atomic mass is 32.1. The molecule has 0 aromatic carbocycles. The van der Waals surface area contributed by atoms with E-state index in [9.17, 15) is 4.79 Å². The maximum absolute atomic E-state index is 10.5. The van der Waals surface area contributed by atoms with E-state index >= 15 is 0 Å². The molecule has 1 unspecified atom stereocenters. The second kappa shape index (κ2) is 5.46. The van der Waals surface area contributed by atoms with Gasteiger partial charge in [-0.2, -0.15) is 11.3 Å². The average Bonchev–Trinajstić information content (AvgIpc) is 2.87. The van der Waals surface area contributed by atoms with E-state index < -0.39 is 5.97 Å². The Bertz CT molecular complexity index is 337. The lowest BCUT2D eigenvalue weighted by Crippen LogP contribution is -2.19. The van der Waals surface area contributed by atoms with Crippen LogP contribution >= 0.6 is 11.3 Å². The molecular weight excluding hydrogens is 222 g/mol. The standard InChI is InChI=1S/C12H17NO2S/c14-12(15)2-1-10-3-5-13(7-10)8-11-4-6-16-9-11/h4,6,9-10H,1-3,5,7-8H2,(H,14,15). The van der Waals surface area contributed by atoms with Gasteiger partial charge in [-0.05, 0) is 47.7 Å². The first kappa shape index (κ1) is 11.6. The molecule has 1 atom stereocenters. The van der Waals surface area contributed by atoms with Crippen LogP contribution in [0.25, 0.3) is 0 Å². The predicted octanol–water partition coefficient (Wildman–Crippen LogP) is 2.43. The Hall–Kier alpha value is -0.870. The molecule has 0 bridgehead atoms. The van der Waals surface area contributed by atoms with Crippen molar-refractivity contribution >= 4 is 17.3 Å². The molecule has 0 aliphatic carbocycles. The van der Waals surface area contributed by atoms with Crippen molar-refractivity contribution < 1.29 is 9.90 Å². The fourth-order valence-corrected chi connectivity index (χ4v) is 2.92. The largest absolute Gasteiger partial charge is 0.481 e. The molecule has 1 aliphatic heterocycles. The van der Waals surface area contributed by atoms with Gasteiger partial charge in [0.2, 0.25) is 0 Å². The number of thiophene rings is 1. The molecule has 1 saturated heterocycles. The van der Waals surface area contributed by atoms with Gasteiger partial charge < -0.3 is 5.11 Å². The first-order valence-corrected chi connectivity index (χ1v) is 6.63. The summed E-state index contributed by atoms with van der Waals surface area (Å²) in [6, 6.07) is 2.16. The normalized spacial score (nSPS) is 21.4. The molecular formula is C12H17NO2S. The van der Waals surface area contributed by atoms with Crippen molar-refractivity contribution in [2.75, 3.05) is 13.1 Å². The van der Waals surface area contributed by atoms with Gasteiger partial charge in [0.15, 0.2) is 0 Å². The number of likely N-dealkylation sites (tertiary alicyclic amines) is 1. The third-order valence-electron chi connectivity index (χ3n) is 3.12. The average molecular weight is 239 g/mol. The molecule has 1 aromatic heterocycles. The van der Waals surface area contributed by atoms with Crippen LogP contribution in [0.15, 0.2) is 16.8 Å². The second-order valence-corrected chi connectivity index (χ2v) is 5.23. The summed E-state index contributed by atoms with van der Waals surface area (Å²) in [5.41, 5.74) is 1.38. The van der Waals surface area contributed by atoms with Crippen molar-refractivity contribution in [3.05, 3.63) is 22.4 Å². The topological polar surface area (TPSA) is 40.5 Å². The number of rotatable bonds is 5. The van der Waals surface area contributed by atoms with Gasteiger partial charge in [0.05, 0.1) is 0 Å². The van der Waals surface area contributed by atoms with E-state index in [1.807, 2.05) is 0 Å². The molecule has 0 radical (unpaired) electrons. The third-order valence-corrected chi connectivity index (χ3v) is 3.85. The molecule has 2 rings (SSSR count). The molecule has 0 spiro atoms. The minimum atomic E-state index is -0.670. The highest BCUT2D eigenvalue weighted by Gasteiger charge is 2.22. The van der Waals surface area contributed by atoms with Crippen LogP contribution in [0.4, 0.5) is 0 Å². The Morgan fingerprint density at radius 1 is 1.62 bits per heavy atom. The smallest absolute Gasteiger partial charge is 0.303 e. The van der Waals surface area contributed by atoms with E-state index in [0.717, 1.165) is 32.5 Å². The zero-order valence-corrected chi connectivity index (χ0v) is 10.1. The highest BCUT2D eigenvalue weighted by Crippen LogP contribution is 2.23. The first-order chi connectivity index (χ1) is 7.74. The van der Waals surface area contributed by atoms with Gasteiger partial charge in [-0.3, -0.25) is 9.69 Å². The molecule has 1 aliphatic rings. The van der Waals surface area contributed by atoms with E-state index in [1.165, 1.54) is 5.56 Å². The van der Waals surface area contributed by atoms with Crippen LogP contribution in [0, 0.1) is 5.92 Å². The summed E-state index contributed by atoms with van der Waals surface area (Å²) in [5, 5.41) is 12.9. The van der Waals surface area contributed by atoms with E-state index in [1.54, 1.807) is 11.3 Å². The fourth-order valence-electron chi connectivity index (χ4n) is 2.26. The lowest BCUT2D eigenvalue weighted by atomic mass is 10.0. The molecule has 4 heteroatoms. The van der Waals surface area contributed by atoms with Crippen LogP contribution in [0.3, 0.4) is 0 Å². The fraction of sp³-hybridized carbons (Fsp3) is 0.583. The quantitative estimate of drug-likeness (QED) is 0.858. The van der Waals surface area contributed by atoms with Crippen molar-refractivity contribution in [3.8, 4) is 0 Å². The molecule has 2 heterocycles. The maximum atomic E-state index is 10.5. The van der Waals surface area contributed by atoms with Gasteiger partial charge in [-0.25, -0.2) is 0 Å². The Kier molecular flexibility index (Phi) is 3.96. The van der Waals surface area contributed by atoms with E-state index in [4.69, 9.17) is 5.11 Å². The second-order valence-electron chi connectivity index (χ2n) is 4.45. The Labute approximate surface area is 99.7 Å². The Morgan fingerprint density at radius 2 is 2.50 bits per heavy atom. The minimum absolute atomic E-state index is 0.316. The number of hydrogen-bond donors (Lipinski definition) is 1. The number of carbonyl (C=O) groups is 1. The van der Waals surface area contributed by atoms with Gasteiger partial charge in [0.1, 0.15) is 0 Å². The van der Waals surface area contributed by atoms with E-state index in [2.05, 4.69) is 21.7 Å². The van der Waals surface area contributed by atoms with Crippen LogP contribution in [0.2, 0.25) is 0 Å². The maximum Gasteiger partial charge on any atom is 0.303 e. The summed E-state index contributed by atoms with van der Waals surface area (Å²) in [6.45, 7) is 3.19. The predicted molar refractivity (Wildman–Crippen MR) is 64.6 cm³/mol. The molecule has 3 nitrogen and oxygen atoms in total. The van der Waals surface area contributed by atoms with Gasteiger partial charge in [0.25, 0.3) is 0 Å². The number of hydrogen-bond acceptors (Lipinski definition) is 3.